The molecule has 1 aromatic carbocycles. The van der Waals surface area contributed by atoms with Gasteiger partial charge in [0.15, 0.2) is 11.2 Å². The Kier molecular flexibility index (Phi) is 4.50. The second kappa shape index (κ2) is 6.87. The molecule has 8 heteroatoms. The van der Waals surface area contributed by atoms with Crippen molar-refractivity contribution in [1.82, 2.24) is 23.7 Å². The molecule has 4 aromatic rings. The number of rotatable bonds is 4. The second-order valence-corrected chi connectivity index (χ2v) is 8.03. The number of thiazole rings is 1. The molecule has 28 heavy (non-hydrogen) atoms. The highest BCUT2D eigenvalue weighted by Gasteiger charge is 2.15. The van der Waals surface area contributed by atoms with Crippen molar-refractivity contribution in [2.45, 2.75) is 26.3 Å². The average molecular weight is 395 g/mol. The predicted molar refractivity (Wildman–Crippen MR) is 111 cm³/mol. The highest BCUT2D eigenvalue weighted by molar-refractivity contribution is 7.13. The average Bonchev–Trinajstić information content (AvgIpc) is 3.32. The monoisotopic (exact) mass is 395 g/mol. The molecule has 0 bridgehead atoms. The van der Waals surface area contributed by atoms with Crippen molar-refractivity contribution >= 4 is 22.5 Å². The van der Waals surface area contributed by atoms with E-state index in [9.17, 15) is 9.59 Å². The molecule has 3 aromatic heterocycles. The Hall–Kier alpha value is -3.00. The molecule has 3 heterocycles. The van der Waals surface area contributed by atoms with Crippen molar-refractivity contribution in [2.24, 2.45) is 14.1 Å². The van der Waals surface area contributed by atoms with Gasteiger partial charge in [-0.1, -0.05) is 38.1 Å². The first-order valence-electron chi connectivity index (χ1n) is 9.02. The van der Waals surface area contributed by atoms with Crippen LogP contribution < -0.4 is 11.2 Å². The zero-order valence-electron chi connectivity index (χ0n) is 16.2. The Morgan fingerprint density at radius 1 is 1.07 bits per heavy atom. The van der Waals surface area contributed by atoms with Crippen LogP contribution in [-0.4, -0.2) is 23.7 Å². The Labute approximate surface area is 165 Å². The van der Waals surface area contributed by atoms with E-state index in [1.807, 2.05) is 5.38 Å². The summed E-state index contributed by atoms with van der Waals surface area (Å²) in [7, 11) is 3.09. The van der Waals surface area contributed by atoms with Crippen LogP contribution >= 0.6 is 11.3 Å². The molecule has 0 atom stereocenters. The Balaban J connectivity index is 1.68. The summed E-state index contributed by atoms with van der Waals surface area (Å²) in [6, 6.07) is 8.45. The van der Waals surface area contributed by atoms with E-state index in [2.05, 4.69) is 43.1 Å². The summed E-state index contributed by atoms with van der Waals surface area (Å²) in [5.41, 5.74) is 3.27. The fourth-order valence-electron chi connectivity index (χ4n) is 3.21. The van der Waals surface area contributed by atoms with Gasteiger partial charge in [0.05, 0.1) is 18.6 Å². The first-order chi connectivity index (χ1) is 13.4. The molecule has 0 saturated heterocycles. The lowest BCUT2D eigenvalue weighted by molar-refractivity contribution is 0.701. The maximum Gasteiger partial charge on any atom is 0.332 e. The van der Waals surface area contributed by atoms with E-state index in [1.54, 1.807) is 29.3 Å². The molecule has 0 aliphatic heterocycles. The molecule has 7 nitrogen and oxygen atoms in total. The molecular formula is C20H21N5O2S. The van der Waals surface area contributed by atoms with Gasteiger partial charge in [-0.15, -0.1) is 11.3 Å². The quantitative estimate of drug-likeness (QED) is 0.532. The van der Waals surface area contributed by atoms with Crippen LogP contribution in [0.1, 0.15) is 31.0 Å². The van der Waals surface area contributed by atoms with E-state index in [1.165, 1.54) is 17.2 Å². The van der Waals surface area contributed by atoms with Gasteiger partial charge in [0.1, 0.15) is 5.01 Å². The van der Waals surface area contributed by atoms with Gasteiger partial charge in [0.2, 0.25) is 0 Å². The lowest BCUT2D eigenvalue weighted by Crippen LogP contribution is -2.37. The molecular weight excluding hydrogens is 374 g/mol. The van der Waals surface area contributed by atoms with Crippen LogP contribution in [0, 0.1) is 0 Å². The van der Waals surface area contributed by atoms with Crippen LogP contribution in [0.4, 0.5) is 0 Å². The van der Waals surface area contributed by atoms with Gasteiger partial charge in [-0.25, -0.2) is 14.8 Å². The number of aromatic nitrogens is 5. The minimum Gasteiger partial charge on any atom is -0.319 e. The summed E-state index contributed by atoms with van der Waals surface area (Å²) < 4.78 is 4.23. The maximum atomic E-state index is 12.6. The highest BCUT2D eigenvalue weighted by atomic mass is 32.1. The molecule has 4 rings (SSSR count). The molecule has 0 amide bonds. The molecule has 0 fully saturated rings. The van der Waals surface area contributed by atoms with Crippen molar-refractivity contribution in [3.05, 3.63) is 68.1 Å². The van der Waals surface area contributed by atoms with Crippen molar-refractivity contribution in [3.63, 3.8) is 0 Å². The number of imidazole rings is 1. The summed E-state index contributed by atoms with van der Waals surface area (Å²) in [4.78, 5) is 33.6. The van der Waals surface area contributed by atoms with Crippen LogP contribution in [0.2, 0.25) is 0 Å². The Morgan fingerprint density at radius 2 is 1.79 bits per heavy atom. The zero-order chi connectivity index (χ0) is 20.0. The zero-order valence-corrected chi connectivity index (χ0v) is 17.0. The van der Waals surface area contributed by atoms with Gasteiger partial charge in [-0.2, -0.15) is 0 Å². The van der Waals surface area contributed by atoms with E-state index in [-0.39, 0.29) is 11.2 Å². The van der Waals surface area contributed by atoms with Gasteiger partial charge >= 0.3 is 5.69 Å². The molecule has 0 unspecified atom stereocenters. The van der Waals surface area contributed by atoms with E-state index >= 15 is 0 Å². The van der Waals surface area contributed by atoms with Gasteiger partial charge < -0.3 is 4.57 Å². The van der Waals surface area contributed by atoms with Crippen LogP contribution in [0.25, 0.3) is 21.7 Å². The fraction of sp³-hybridized carbons (Fsp3) is 0.300. The SMILES string of the molecule is CC(C)c1ccc(-c2nc(Cn3cnc4c3c(=O)n(C)c(=O)n4C)cs2)cc1. The standard InChI is InChI=1S/C20H21N5O2S/c1-12(2)13-5-7-14(8-6-13)18-22-15(10-28-18)9-25-11-21-17-16(25)19(26)24(4)20(27)23(17)3/h5-8,10-12H,9H2,1-4H3. The van der Waals surface area contributed by atoms with Gasteiger partial charge in [0, 0.05) is 25.0 Å². The number of fused-ring (bicyclic) bond motifs is 1. The third-order valence-corrected chi connectivity index (χ3v) is 5.87. The highest BCUT2D eigenvalue weighted by Crippen LogP contribution is 2.26. The van der Waals surface area contributed by atoms with Crippen molar-refractivity contribution < 1.29 is 0 Å². The molecule has 0 spiro atoms. The molecule has 144 valence electrons. The van der Waals surface area contributed by atoms with Gasteiger partial charge in [-0.3, -0.25) is 13.9 Å². The predicted octanol–water partition coefficient (Wildman–Crippen LogP) is 2.73. The van der Waals surface area contributed by atoms with E-state index in [4.69, 9.17) is 4.98 Å². The van der Waals surface area contributed by atoms with E-state index in [0.717, 1.165) is 20.8 Å². The third kappa shape index (κ3) is 2.99. The van der Waals surface area contributed by atoms with Crippen LogP contribution in [0.3, 0.4) is 0 Å². The maximum absolute atomic E-state index is 12.6. The van der Waals surface area contributed by atoms with E-state index < -0.39 is 0 Å². The van der Waals surface area contributed by atoms with Crippen LogP contribution in [0.5, 0.6) is 0 Å². The van der Waals surface area contributed by atoms with Gasteiger partial charge in [0.25, 0.3) is 5.56 Å². The van der Waals surface area contributed by atoms with Crippen LogP contribution in [0.15, 0.2) is 45.6 Å². The number of hydrogen-bond donors (Lipinski definition) is 0. The second-order valence-electron chi connectivity index (χ2n) is 7.17. The first-order valence-corrected chi connectivity index (χ1v) is 9.90. The molecule has 0 aliphatic carbocycles. The smallest absolute Gasteiger partial charge is 0.319 e. The largest absolute Gasteiger partial charge is 0.332 e. The lowest BCUT2D eigenvalue weighted by Gasteiger charge is -2.06. The molecule has 0 saturated carbocycles. The number of hydrogen-bond acceptors (Lipinski definition) is 5. The Bertz CT molecular complexity index is 1270. The van der Waals surface area contributed by atoms with Crippen LogP contribution in [-0.2, 0) is 20.6 Å². The molecule has 0 aliphatic rings. The normalized spacial score (nSPS) is 11.6. The lowest BCUT2D eigenvalue weighted by atomic mass is 10.0. The Morgan fingerprint density at radius 3 is 2.46 bits per heavy atom. The summed E-state index contributed by atoms with van der Waals surface area (Å²) >= 11 is 1.57. The minimum atomic E-state index is -0.386. The number of aryl methyl sites for hydroxylation is 1. The summed E-state index contributed by atoms with van der Waals surface area (Å²) in [6.45, 7) is 4.77. The molecule has 0 N–H and O–H groups in total. The van der Waals surface area contributed by atoms with Crippen molar-refractivity contribution in [1.29, 1.82) is 0 Å². The van der Waals surface area contributed by atoms with Gasteiger partial charge in [-0.05, 0) is 11.5 Å². The van der Waals surface area contributed by atoms with Crippen molar-refractivity contribution in [2.75, 3.05) is 0 Å². The van der Waals surface area contributed by atoms with E-state index in [0.29, 0.717) is 23.6 Å². The summed E-state index contributed by atoms with van der Waals surface area (Å²) in [5.74, 6) is 0.494. The number of nitrogens with zero attached hydrogens (tertiary/aromatic N) is 5. The molecule has 0 radical (unpaired) electrons. The first kappa shape index (κ1) is 18.4. The van der Waals surface area contributed by atoms with Crippen molar-refractivity contribution in [3.8, 4) is 10.6 Å². The summed E-state index contributed by atoms with van der Waals surface area (Å²) in [5, 5.41) is 2.93. The topological polar surface area (TPSA) is 74.7 Å². The minimum absolute atomic E-state index is 0.352. The summed E-state index contributed by atoms with van der Waals surface area (Å²) in [6.07, 6.45) is 1.59. The third-order valence-electron chi connectivity index (χ3n) is 4.93. The number of benzene rings is 1. The fourth-order valence-corrected chi connectivity index (χ4v) is 4.03.